The van der Waals surface area contributed by atoms with Gasteiger partial charge in [0, 0.05) is 24.4 Å². The van der Waals surface area contributed by atoms with Crippen molar-refractivity contribution in [1.29, 1.82) is 0 Å². The van der Waals surface area contributed by atoms with E-state index in [0.29, 0.717) is 6.54 Å². The van der Waals surface area contributed by atoms with Gasteiger partial charge in [0.25, 0.3) is 0 Å². The molecule has 0 saturated carbocycles. The highest BCUT2D eigenvalue weighted by Crippen LogP contribution is 2.24. The zero-order valence-electron chi connectivity index (χ0n) is 10.3. The fraction of sp³-hybridized carbons (Fsp3) is 0.583. The zero-order valence-corrected chi connectivity index (χ0v) is 11.1. The Kier molecular flexibility index (Phi) is 4.63. The number of nitrogens with zero attached hydrogens (tertiary/aromatic N) is 1. The SMILES string of the molecule is CCCNc1nc(NC2CCSC2)c(F)cc1F. The first-order valence-electron chi connectivity index (χ1n) is 6.15. The van der Waals surface area contributed by atoms with Crippen LogP contribution in [-0.4, -0.2) is 29.1 Å². The van der Waals surface area contributed by atoms with Crippen LogP contribution in [0.15, 0.2) is 6.07 Å². The predicted molar refractivity (Wildman–Crippen MR) is 72.3 cm³/mol. The molecule has 1 aromatic heterocycles. The lowest BCUT2D eigenvalue weighted by Gasteiger charge is -2.14. The van der Waals surface area contributed by atoms with E-state index in [2.05, 4.69) is 15.6 Å². The predicted octanol–water partition coefficient (Wildman–Crippen LogP) is 3.10. The summed E-state index contributed by atoms with van der Waals surface area (Å²) in [7, 11) is 0. The van der Waals surface area contributed by atoms with Crippen molar-refractivity contribution in [3.63, 3.8) is 0 Å². The molecule has 0 radical (unpaired) electrons. The number of rotatable bonds is 5. The average Bonchev–Trinajstić information content (AvgIpc) is 2.84. The molecule has 100 valence electrons. The summed E-state index contributed by atoms with van der Waals surface area (Å²) in [5.41, 5.74) is 0. The van der Waals surface area contributed by atoms with Gasteiger partial charge in [0.15, 0.2) is 23.3 Å². The van der Waals surface area contributed by atoms with E-state index < -0.39 is 11.6 Å². The van der Waals surface area contributed by atoms with Gasteiger partial charge in [0.2, 0.25) is 0 Å². The third-order valence-corrected chi connectivity index (χ3v) is 3.90. The third-order valence-electron chi connectivity index (χ3n) is 2.74. The molecule has 0 aliphatic carbocycles. The van der Waals surface area contributed by atoms with Crippen LogP contribution in [-0.2, 0) is 0 Å². The van der Waals surface area contributed by atoms with Crippen molar-refractivity contribution in [2.45, 2.75) is 25.8 Å². The molecule has 0 bridgehead atoms. The van der Waals surface area contributed by atoms with Crippen LogP contribution in [0.25, 0.3) is 0 Å². The van der Waals surface area contributed by atoms with Gasteiger partial charge in [-0.05, 0) is 18.6 Å². The summed E-state index contributed by atoms with van der Waals surface area (Å²) in [6.07, 6.45) is 1.85. The van der Waals surface area contributed by atoms with Gasteiger partial charge < -0.3 is 10.6 Å². The monoisotopic (exact) mass is 273 g/mol. The van der Waals surface area contributed by atoms with Crippen LogP contribution < -0.4 is 10.6 Å². The molecule has 1 aromatic rings. The van der Waals surface area contributed by atoms with Crippen LogP contribution in [0.4, 0.5) is 20.4 Å². The number of nitrogens with one attached hydrogen (secondary N) is 2. The molecule has 2 heterocycles. The molecule has 1 aliphatic heterocycles. The van der Waals surface area contributed by atoms with Crippen molar-refractivity contribution in [1.82, 2.24) is 4.98 Å². The lowest BCUT2D eigenvalue weighted by Crippen LogP contribution is -2.20. The number of hydrogen-bond donors (Lipinski definition) is 2. The van der Waals surface area contributed by atoms with E-state index >= 15 is 0 Å². The molecule has 2 rings (SSSR count). The van der Waals surface area contributed by atoms with Gasteiger partial charge in [-0.3, -0.25) is 0 Å². The summed E-state index contributed by atoms with van der Waals surface area (Å²) < 4.78 is 27.1. The quantitative estimate of drug-likeness (QED) is 0.864. The molecular weight excluding hydrogens is 256 g/mol. The highest BCUT2D eigenvalue weighted by molar-refractivity contribution is 7.99. The first-order valence-corrected chi connectivity index (χ1v) is 7.30. The van der Waals surface area contributed by atoms with Crippen molar-refractivity contribution in [2.75, 3.05) is 28.7 Å². The minimum absolute atomic E-state index is 0.117. The number of anilines is 2. The molecule has 3 nitrogen and oxygen atoms in total. The van der Waals surface area contributed by atoms with Crippen molar-refractivity contribution in [3.05, 3.63) is 17.7 Å². The molecule has 0 amide bonds. The molecule has 1 aliphatic rings. The Hall–Kier alpha value is -1.04. The average molecular weight is 273 g/mol. The van der Waals surface area contributed by atoms with Crippen LogP contribution in [0.1, 0.15) is 19.8 Å². The topological polar surface area (TPSA) is 37.0 Å². The second kappa shape index (κ2) is 6.22. The summed E-state index contributed by atoms with van der Waals surface area (Å²) >= 11 is 1.83. The summed E-state index contributed by atoms with van der Waals surface area (Å²) in [5, 5.41) is 5.90. The number of thioether (sulfide) groups is 1. The summed E-state index contributed by atoms with van der Waals surface area (Å²) in [4.78, 5) is 3.99. The van der Waals surface area contributed by atoms with Crippen LogP contribution in [0.2, 0.25) is 0 Å². The van der Waals surface area contributed by atoms with Crippen molar-refractivity contribution < 1.29 is 8.78 Å². The van der Waals surface area contributed by atoms with E-state index in [4.69, 9.17) is 0 Å². The molecule has 0 aromatic carbocycles. The van der Waals surface area contributed by atoms with Gasteiger partial charge in [0.05, 0.1) is 0 Å². The highest BCUT2D eigenvalue weighted by Gasteiger charge is 2.19. The Balaban J connectivity index is 2.12. The van der Waals surface area contributed by atoms with E-state index in [1.807, 2.05) is 18.7 Å². The molecule has 1 saturated heterocycles. The van der Waals surface area contributed by atoms with Gasteiger partial charge in [-0.25, -0.2) is 13.8 Å². The summed E-state index contributed by atoms with van der Waals surface area (Å²) in [6.45, 7) is 2.59. The molecule has 18 heavy (non-hydrogen) atoms. The number of halogens is 2. The Morgan fingerprint density at radius 3 is 2.83 bits per heavy atom. The lowest BCUT2D eigenvalue weighted by atomic mass is 10.2. The maximum Gasteiger partial charge on any atom is 0.168 e. The van der Waals surface area contributed by atoms with E-state index in [1.54, 1.807) is 0 Å². The Morgan fingerprint density at radius 1 is 1.39 bits per heavy atom. The van der Waals surface area contributed by atoms with Crippen molar-refractivity contribution in [3.8, 4) is 0 Å². The van der Waals surface area contributed by atoms with Crippen LogP contribution in [0.5, 0.6) is 0 Å². The molecule has 6 heteroatoms. The largest absolute Gasteiger partial charge is 0.368 e. The Labute approximate surface area is 110 Å². The van der Waals surface area contributed by atoms with Crippen molar-refractivity contribution in [2.24, 2.45) is 0 Å². The fourth-order valence-corrected chi connectivity index (χ4v) is 2.93. The minimum atomic E-state index is -0.646. The lowest BCUT2D eigenvalue weighted by molar-refractivity contribution is 0.575. The van der Waals surface area contributed by atoms with Crippen molar-refractivity contribution >= 4 is 23.4 Å². The number of aromatic nitrogens is 1. The van der Waals surface area contributed by atoms with E-state index in [0.717, 1.165) is 30.4 Å². The standard InChI is InChI=1S/C12H17F2N3S/c1-2-4-15-11-9(13)6-10(14)12(17-11)16-8-3-5-18-7-8/h6,8H,2-5,7H2,1H3,(H2,15,16,17). The maximum absolute atomic E-state index is 13.6. The maximum atomic E-state index is 13.6. The minimum Gasteiger partial charge on any atom is -0.368 e. The zero-order chi connectivity index (χ0) is 13.0. The first kappa shape index (κ1) is 13.4. The first-order chi connectivity index (χ1) is 8.70. The van der Waals surface area contributed by atoms with E-state index in [-0.39, 0.29) is 17.7 Å². The second-order valence-electron chi connectivity index (χ2n) is 4.28. The fourth-order valence-electron chi connectivity index (χ4n) is 1.78. The molecule has 1 unspecified atom stereocenters. The van der Waals surface area contributed by atoms with Gasteiger partial charge in [-0.2, -0.15) is 11.8 Å². The van der Waals surface area contributed by atoms with Gasteiger partial charge >= 0.3 is 0 Å². The second-order valence-corrected chi connectivity index (χ2v) is 5.43. The van der Waals surface area contributed by atoms with Gasteiger partial charge in [-0.1, -0.05) is 6.92 Å². The van der Waals surface area contributed by atoms with E-state index in [1.165, 1.54) is 0 Å². The summed E-state index contributed by atoms with van der Waals surface area (Å²) in [5.74, 6) is 0.991. The Bertz CT molecular complexity index is 409. The highest BCUT2D eigenvalue weighted by atomic mass is 32.2. The van der Waals surface area contributed by atoms with E-state index in [9.17, 15) is 8.78 Å². The normalized spacial score (nSPS) is 18.9. The molecule has 2 N–H and O–H groups in total. The molecule has 1 atom stereocenters. The number of hydrogen-bond acceptors (Lipinski definition) is 4. The Morgan fingerprint density at radius 2 is 2.17 bits per heavy atom. The van der Waals surface area contributed by atoms with Gasteiger partial charge in [-0.15, -0.1) is 0 Å². The smallest absolute Gasteiger partial charge is 0.168 e. The van der Waals surface area contributed by atoms with Crippen LogP contribution in [0.3, 0.4) is 0 Å². The molecule has 0 spiro atoms. The molecule has 1 fully saturated rings. The van der Waals surface area contributed by atoms with Crippen LogP contribution >= 0.6 is 11.8 Å². The third kappa shape index (κ3) is 3.25. The summed E-state index contributed by atoms with van der Waals surface area (Å²) in [6, 6.07) is 1.11. The van der Waals surface area contributed by atoms with Crippen LogP contribution in [0, 0.1) is 11.6 Å². The van der Waals surface area contributed by atoms with Gasteiger partial charge in [0.1, 0.15) is 0 Å². The number of pyridine rings is 1. The molecular formula is C12H17F2N3S.